The third kappa shape index (κ3) is 4.43. The maximum Gasteiger partial charge on any atom is 0.232 e. The number of nitriles is 1. The van der Waals surface area contributed by atoms with Gasteiger partial charge in [-0.1, -0.05) is 77.9 Å². The number of carbonyl (C=O) groups is 1. The highest BCUT2D eigenvalue weighted by Crippen LogP contribution is 2.28. The van der Waals surface area contributed by atoms with Crippen LogP contribution in [-0.4, -0.2) is 5.91 Å². The van der Waals surface area contributed by atoms with Crippen LogP contribution in [0.3, 0.4) is 0 Å². The summed E-state index contributed by atoms with van der Waals surface area (Å²) < 4.78 is 0. The Labute approximate surface area is 160 Å². The Morgan fingerprint density at radius 3 is 2.00 bits per heavy atom. The van der Waals surface area contributed by atoms with Crippen molar-refractivity contribution < 1.29 is 4.79 Å². The van der Waals surface area contributed by atoms with Gasteiger partial charge in [-0.25, -0.2) is 0 Å². The van der Waals surface area contributed by atoms with Gasteiger partial charge in [-0.2, -0.15) is 5.26 Å². The SMILES string of the molecule is Cc1ccc(C(C#N)N(C(=O)Cc2ccccc2)c2ccc(C)cc2)cc1. The Morgan fingerprint density at radius 1 is 0.889 bits per heavy atom. The van der Waals surface area contributed by atoms with Crippen molar-refractivity contribution in [3.63, 3.8) is 0 Å². The lowest BCUT2D eigenvalue weighted by Crippen LogP contribution is -2.35. The molecule has 3 aromatic carbocycles. The quantitative estimate of drug-likeness (QED) is 0.636. The number of hydrogen-bond acceptors (Lipinski definition) is 2. The Bertz CT molecular complexity index is 938. The van der Waals surface area contributed by atoms with Crippen LogP contribution < -0.4 is 4.90 Å². The average molecular weight is 354 g/mol. The van der Waals surface area contributed by atoms with E-state index < -0.39 is 6.04 Å². The van der Waals surface area contributed by atoms with Gasteiger partial charge in [0, 0.05) is 5.69 Å². The van der Waals surface area contributed by atoms with Gasteiger partial charge in [0.1, 0.15) is 6.04 Å². The van der Waals surface area contributed by atoms with Gasteiger partial charge in [0.15, 0.2) is 0 Å². The molecule has 0 radical (unpaired) electrons. The molecule has 0 fully saturated rings. The fraction of sp³-hybridized carbons (Fsp3) is 0.167. The van der Waals surface area contributed by atoms with Crippen LogP contribution in [0.15, 0.2) is 78.9 Å². The summed E-state index contributed by atoms with van der Waals surface area (Å²) >= 11 is 0. The second kappa shape index (κ2) is 8.33. The summed E-state index contributed by atoms with van der Waals surface area (Å²) in [4.78, 5) is 14.8. The zero-order valence-corrected chi connectivity index (χ0v) is 15.6. The summed E-state index contributed by atoms with van der Waals surface area (Å²) in [6, 6.07) is 26.8. The Hall–Kier alpha value is -3.38. The van der Waals surface area contributed by atoms with Crippen LogP contribution in [0.25, 0.3) is 0 Å². The molecule has 0 spiro atoms. The van der Waals surface area contributed by atoms with Gasteiger partial charge in [-0.05, 0) is 37.1 Å². The summed E-state index contributed by atoms with van der Waals surface area (Å²) in [6.07, 6.45) is 0.249. The smallest absolute Gasteiger partial charge is 0.232 e. The monoisotopic (exact) mass is 354 g/mol. The lowest BCUT2D eigenvalue weighted by molar-refractivity contribution is -0.118. The van der Waals surface area contributed by atoms with E-state index in [4.69, 9.17) is 0 Å². The molecule has 3 heteroatoms. The second-order valence-electron chi connectivity index (χ2n) is 6.70. The first-order chi connectivity index (χ1) is 13.1. The van der Waals surface area contributed by atoms with Gasteiger partial charge < -0.3 is 0 Å². The first-order valence-electron chi connectivity index (χ1n) is 8.97. The van der Waals surface area contributed by atoms with Crippen molar-refractivity contribution in [2.24, 2.45) is 0 Å². The van der Waals surface area contributed by atoms with E-state index in [2.05, 4.69) is 6.07 Å². The molecule has 1 atom stereocenters. The number of nitrogens with zero attached hydrogens (tertiary/aromatic N) is 2. The molecule has 0 saturated heterocycles. The highest BCUT2D eigenvalue weighted by Gasteiger charge is 2.26. The highest BCUT2D eigenvalue weighted by atomic mass is 16.2. The highest BCUT2D eigenvalue weighted by molar-refractivity contribution is 5.96. The van der Waals surface area contributed by atoms with Crippen LogP contribution in [0.5, 0.6) is 0 Å². The molecule has 0 aliphatic rings. The van der Waals surface area contributed by atoms with E-state index in [-0.39, 0.29) is 12.3 Å². The summed E-state index contributed by atoms with van der Waals surface area (Å²) in [5.74, 6) is -0.0998. The van der Waals surface area contributed by atoms with E-state index in [0.717, 1.165) is 27.9 Å². The fourth-order valence-electron chi connectivity index (χ4n) is 3.03. The first-order valence-corrected chi connectivity index (χ1v) is 8.97. The summed E-state index contributed by atoms with van der Waals surface area (Å²) in [5.41, 5.74) is 4.70. The molecule has 3 nitrogen and oxygen atoms in total. The van der Waals surface area contributed by atoms with Crippen LogP contribution in [0.1, 0.15) is 28.3 Å². The molecule has 3 aromatic rings. The minimum absolute atomic E-state index is 0.0998. The standard InChI is InChI=1S/C24H22N2O/c1-18-8-12-21(13-9-18)23(17-25)26(22-14-10-19(2)11-15-22)24(27)16-20-6-4-3-5-7-20/h3-15,23H,16H2,1-2H3. The molecule has 0 saturated carbocycles. The van der Waals surface area contributed by atoms with E-state index in [1.807, 2.05) is 92.7 Å². The van der Waals surface area contributed by atoms with E-state index in [9.17, 15) is 10.1 Å². The third-order valence-electron chi connectivity index (χ3n) is 4.55. The van der Waals surface area contributed by atoms with Crippen molar-refractivity contribution >= 4 is 11.6 Å². The minimum atomic E-state index is -0.676. The van der Waals surface area contributed by atoms with E-state index in [1.165, 1.54) is 0 Å². The lowest BCUT2D eigenvalue weighted by Gasteiger charge is -2.28. The van der Waals surface area contributed by atoms with Gasteiger partial charge in [0.05, 0.1) is 12.5 Å². The molecule has 1 unspecified atom stereocenters. The number of hydrogen-bond donors (Lipinski definition) is 0. The number of anilines is 1. The molecule has 0 N–H and O–H groups in total. The first kappa shape index (κ1) is 18.4. The summed E-state index contributed by atoms with van der Waals surface area (Å²) in [7, 11) is 0. The second-order valence-corrected chi connectivity index (χ2v) is 6.70. The molecule has 1 amide bonds. The van der Waals surface area contributed by atoms with Crippen molar-refractivity contribution in [1.29, 1.82) is 5.26 Å². The maximum absolute atomic E-state index is 13.2. The molecule has 0 aliphatic carbocycles. The molecular formula is C24H22N2O. The topological polar surface area (TPSA) is 44.1 Å². The number of aryl methyl sites for hydroxylation is 2. The molecule has 134 valence electrons. The normalized spacial score (nSPS) is 11.4. The molecule has 0 heterocycles. The van der Waals surface area contributed by atoms with Crippen LogP contribution in [0, 0.1) is 25.2 Å². The van der Waals surface area contributed by atoms with E-state index in [0.29, 0.717) is 0 Å². The maximum atomic E-state index is 13.2. The zero-order chi connectivity index (χ0) is 19.2. The van der Waals surface area contributed by atoms with Crippen molar-refractivity contribution in [1.82, 2.24) is 0 Å². The van der Waals surface area contributed by atoms with Gasteiger partial charge >= 0.3 is 0 Å². The lowest BCUT2D eigenvalue weighted by atomic mass is 10.0. The van der Waals surface area contributed by atoms with Crippen LogP contribution in [0.4, 0.5) is 5.69 Å². The zero-order valence-electron chi connectivity index (χ0n) is 15.6. The fourth-order valence-corrected chi connectivity index (χ4v) is 3.03. The molecule has 0 bridgehead atoms. The van der Waals surface area contributed by atoms with Crippen LogP contribution in [0.2, 0.25) is 0 Å². The van der Waals surface area contributed by atoms with Gasteiger partial charge in [0.25, 0.3) is 0 Å². The number of amides is 1. The Morgan fingerprint density at radius 2 is 1.44 bits per heavy atom. The van der Waals surface area contributed by atoms with Gasteiger partial charge in [0.2, 0.25) is 5.91 Å². The number of carbonyl (C=O) groups excluding carboxylic acids is 1. The van der Waals surface area contributed by atoms with Gasteiger partial charge in [-0.3, -0.25) is 9.69 Å². The van der Waals surface area contributed by atoms with Crippen molar-refractivity contribution in [3.8, 4) is 6.07 Å². The molecule has 0 aromatic heterocycles. The predicted molar refractivity (Wildman–Crippen MR) is 108 cm³/mol. The number of benzene rings is 3. The molecule has 27 heavy (non-hydrogen) atoms. The van der Waals surface area contributed by atoms with Gasteiger partial charge in [-0.15, -0.1) is 0 Å². The van der Waals surface area contributed by atoms with Crippen molar-refractivity contribution in [2.45, 2.75) is 26.3 Å². The predicted octanol–water partition coefficient (Wildman–Crippen LogP) is 5.14. The van der Waals surface area contributed by atoms with Crippen molar-refractivity contribution in [3.05, 3.63) is 101 Å². The third-order valence-corrected chi connectivity index (χ3v) is 4.55. The average Bonchev–Trinajstić information content (AvgIpc) is 2.68. The summed E-state index contributed by atoms with van der Waals surface area (Å²) in [5, 5.41) is 9.91. The molecule has 3 rings (SSSR count). The van der Waals surface area contributed by atoms with E-state index in [1.54, 1.807) is 4.90 Å². The molecule has 0 aliphatic heterocycles. The van der Waals surface area contributed by atoms with Crippen molar-refractivity contribution in [2.75, 3.05) is 4.90 Å². The largest absolute Gasteiger partial charge is 0.291 e. The van der Waals surface area contributed by atoms with E-state index >= 15 is 0 Å². The Balaban J connectivity index is 2.00. The Kier molecular flexibility index (Phi) is 5.68. The van der Waals surface area contributed by atoms with Crippen LogP contribution >= 0.6 is 0 Å². The minimum Gasteiger partial charge on any atom is -0.291 e. The molecular weight excluding hydrogens is 332 g/mol. The van der Waals surface area contributed by atoms with Crippen LogP contribution in [-0.2, 0) is 11.2 Å². The number of rotatable bonds is 5. The summed E-state index contributed by atoms with van der Waals surface area (Å²) in [6.45, 7) is 4.01.